The minimum atomic E-state index is -0.508. The average Bonchev–Trinajstić information content (AvgIpc) is 1.85. The quantitative estimate of drug-likeness (QED) is 0.590. The summed E-state index contributed by atoms with van der Waals surface area (Å²) in [5.74, 6) is 0. The van der Waals surface area contributed by atoms with E-state index in [4.69, 9.17) is 10.5 Å². The van der Waals surface area contributed by atoms with Gasteiger partial charge in [0.2, 0.25) is 0 Å². The number of rotatable bonds is 4. The van der Waals surface area contributed by atoms with Gasteiger partial charge in [-0.05, 0) is 13.8 Å². The second kappa shape index (κ2) is 5.05. The molecule has 0 saturated heterocycles. The highest BCUT2D eigenvalue weighted by Crippen LogP contribution is 1.85. The molecule has 4 heteroatoms. The van der Waals surface area contributed by atoms with Gasteiger partial charge in [-0.2, -0.15) is 0 Å². The van der Waals surface area contributed by atoms with Crippen LogP contribution in [0.5, 0.6) is 0 Å². The minimum absolute atomic E-state index is 0.0394. The van der Waals surface area contributed by atoms with Crippen molar-refractivity contribution in [2.75, 3.05) is 13.2 Å². The number of urea groups is 1. The first-order valence-electron chi connectivity index (χ1n) is 3.31. The predicted octanol–water partition coefficient (Wildman–Crippen LogP) is 0.0797. The summed E-state index contributed by atoms with van der Waals surface area (Å²) >= 11 is 0. The van der Waals surface area contributed by atoms with Crippen molar-refractivity contribution in [2.24, 2.45) is 5.73 Å². The monoisotopic (exact) mass is 146 g/mol. The Labute approximate surface area is 60.7 Å². The molecule has 0 aliphatic rings. The molecule has 0 aromatic heterocycles. The van der Waals surface area contributed by atoms with E-state index in [1.54, 1.807) is 0 Å². The number of nitrogens with two attached hydrogens (primary N) is 1. The van der Waals surface area contributed by atoms with Crippen LogP contribution in [0.2, 0.25) is 0 Å². The van der Waals surface area contributed by atoms with Crippen LogP contribution in [0.4, 0.5) is 4.79 Å². The summed E-state index contributed by atoms with van der Waals surface area (Å²) < 4.78 is 5.12. The highest BCUT2D eigenvalue weighted by Gasteiger charge is 2.00. The molecule has 0 aliphatic heterocycles. The number of primary amides is 1. The molecule has 0 aromatic carbocycles. The van der Waals surface area contributed by atoms with Crippen molar-refractivity contribution in [2.45, 2.75) is 20.0 Å². The SMILES string of the molecule is CCOC(C)CNC(N)=O. The maximum Gasteiger partial charge on any atom is 0.312 e. The highest BCUT2D eigenvalue weighted by atomic mass is 16.5. The summed E-state index contributed by atoms with van der Waals surface area (Å²) in [4.78, 5) is 10.2. The lowest BCUT2D eigenvalue weighted by atomic mass is 10.4. The third-order valence-electron chi connectivity index (χ3n) is 1.01. The van der Waals surface area contributed by atoms with Gasteiger partial charge in [-0.1, -0.05) is 0 Å². The van der Waals surface area contributed by atoms with Gasteiger partial charge < -0.3 is 15.8 Å². The molecule has 0 saturated carbocycles. The van der Waals surface area contributed by atoms with Crippen LogP contribution in [0.25, 0.3) is 0 Å². The molecule has 0 aromatic rings. The van der Waals surface area contributed by atoms with E-state index in [1.165, 1.54) is 0 Å². The van der Waals surface area contributed by atoms with Gasteiger partial charge in [0.25, 0.3) is 0 Å². The minimum Gasteiger partial charge on any atom is -0.377 e. The molecule has 0 spiro atoms. The molecule has 0 radical (unpaired) electrons. The Hall–Kier alpha value is -0.770. The van der Waals surface area contributed by atoms with Crippen molar-refractivity contribution < 1.29 is 9.53 Å². The summed E-state index contributed by atoms with van der Waals surface area (Å²) in [5, 5.41) is 2.44. The molecule has 60 valence electrons. The number of carbonyl (C=O) groups excluding carboxylic acids is 1. The van der Waals surface area contributed by atoms with Crippen LogP contribution in [0.15, 0.2) is 0 Å². The second-order valence-corrected chi connectivity index (χ2v) is 2.01. The van der Waals surface area contributed by atoms with Crippen molar-refractivity contribution in [1.82, 2.24) is 5.32 Å². The van der Waals surface area contributed by atoms with Crippen LogP contribution in [0.1, 0.15) is 13.8 Å². The van der Waals surface area contributed by atoms with E-state index < -0.39 is 6.03 Å². The Morgan fingerprint density at radius 1 is 1.80 bits per heavy atom. The fraction of sp³-hybridized carbons (Fsp3) is 0.833. The van der Waals surface area contributed by atoms with E-state index in [2.05, 4.69) is 5.32 Å². The van der Waals surface area contributed by atoms with Crippen LogP contribution in [-0.2, 0) is 4.74 Å². The molecular weight excluding hydrogens is 132 g/mol. The Morgan fingerprint density at radius 2 is 2.40 bits per heavy atom. The van der Waals surface area contributed by atoms with Crippen LogP contribution in [0, 0.1) is 0 Å². The van der Waals surface area contributed by atoms with E-state index in [0.717, 1.165) is 0 Å². The van der Waals surface area contributed by atoms with Gasteiger partial charge in [0.15, 0.2) is 0 Å². The lowest BCUT2D eigenvalue weighted by Crippen LogP contribution is -2.35. The van der Waals surface area contributed by atoms with Crippen LogP contribution < -0.4 is 11.1 Å². The van der Waals surface area contributed by atoms with E-state index in [-0.39, 0.29) is 6.10 Å². The molecule has 0 aliphatic carbocycles. The van der Waals surface area contributed by atoms with Gasteiger partial charge in [-0.25, -0.2) is 4.79 Å². The first-order valence-corrected chi connectivity index (χ1v) is 3.31. The van der Waals surface area contributed by atoms with Gasteiger partial charge >= 0.3 is 6.03 Å². The molecule has 0 fully saturated rings. The lowest BCUT2D eigenvalue weighted by molar-refractivity contribution is 0.0779. The summed E-state index contributed by atoms with van der Waals surface area (Å²) in [6.45, 7) is 4.91. The van der Waals surface area contributed by atoms with Gasteiger partial charge in [0, 0.05) is 13.2 Å². The molecule has 3 N–H and O–H groups in total. The average molecular weight is 146 g/mol. The van der Waals surface area contributed by atoms with E-state index in [0.29, 0.717) is 13.2 Å². The zero-order valence-corrected chi connectivity index (χ0v) is 6.39. The number of carbonyl (C=O) groups is 1. The van der Waals surface area contributed by atoms with Gasteiger partial charge in [-0.15, -0.1) is 0 Å². The fourth-order valence-electron chi connectivity index (χ4n) is 0.588. The number of hydrogen-bond acceptors (Lipinski definition) is 2. The third-order valence-corrected chi connectivity index (χ3v) is 1.01. The summed E-state index contributed by atoms with van der Waals surface area (Å²) in [7, 11) is 0. The smallest absolute Gasteiger partial charge is 0.312 e. The van der Waals surface area contributed by atoms with Crippen molar-refractivity contribution in [3.05, 3.63) is 0 Å². The first-order chi connectivity index (χ1) is 4.66. The molecule has 1 atom stereocenters. The second-order valence-electron chi connectivity index (χ2n) is 2.01. The van der Waals surface area contributed by atoms with Gasteiger partial charge in [0.05, 0.1) is 6.10 Å². The Kier molecular flexibility index (Phi) is 4.66. The molecular formula is C6H14N2O2. The van der Waals surface area contributed by atoms with Crippen molar-refractivity contribution in [3.63, 3.8) is 0 Å². The molecule has 2 amide bonds. The lowest BCUT2D eigenvalue weighted by Gasteiger charge is -2.10. The summed E-state index contributed by atoms with van der Waals surface area (Å²) in [5.41, 5.74) is 4.83. The Balaban J connectivity index is 3.21. The topological polar surface area (TPSA) is 64.3 Å². The van der Waals surface area contributed by atoms with Gasteiger partial charge in [0.1, 0.15) is 0 Å². The number of nitrogens with one attached hydrogen (secondary N) is 1. The number of amides is 2. The first kappa shape index (κ1) is 9.23. The largest absolute Gasteiger partial charge is 0.377 e. The standard InChI is InChI=1S/C6H14N2O2/c1-3-10-5(2)4-8-6(7)9/h5H,3-4H2,1-2H3,(H3,7,8,9). The van der Waals surface area contributed by atoms with Crippen molar-refractivity contribution in [1.29, 1.82) is 0 Å². The molecule has 10 heavy (non-hydrogen) atoms. The molecule has 0 heterocycles. The molecule has 0 rings (SSSR count). The number of hydrogen-bond donors (Lipinski definition) is 2. The summed E-state index contributed by atoms with van der Waals surface area (Å²) in [6, 6.07) is -0.508. The van der Waals surface area contributed by atoms with Gasteiger partial charge in [-0.3, -0.25) is 0 Å². The maximum atomic E-state index is 10.2. The van der Waals surface area contributed by atoms with Crippen LogP contribution in [0.3, 0.4) is 0 Å². The van der Waals surface area contributed by atoms with Crippen molar-refractivity contribution in [3.8, 4) is 0 Å². The van der Waals surface area contributed by atoms with E-state index in [9.17, 15) is 4.79 Å². The molecule has 0 bridgehead atoms. The molecule has 1 unspecified atom stereocenters. The normalized spacial score (nSPS) is 12.6. The third kappa shape index (κ3) is 5.37. The van der Waals surface area contributed by atoms with E-state index in [1.807, 2.05) is 13.8 Å². The predicted molar refractivity (Wildman–Crippen MR) is 38.7 cm³/mol. The van der Waals surface area contributed by atoms with Crippen molar-refractivity contribution >= 4 is 6.03 Å². The Morgan fingerprint density at radius 3 is 2.80 bits per heavy atom. The zero-order valence-electron chi connectivity index (χ0n) is 6.39. The van der Waals surface area contributed by atoms with Crippen LogP contribution >= 0.6 is 0 Å². The summed E-state index contributed by atoms with van der Waals surface area (Å²) in [6.07, 6.45) is 0.0394. The maximum absolute atomic E-state index is 10.2. The van der Waals surface area contributed by atoms with Crippen LogP contribution in [-0.4, -0.2) is 25.3 Å². The van der Waals surface area contributed by atoms with E-state index >= 15 is 0 Å². The zero-order chi connectivity index (χ0) is 7.98. The highest BCUT2D eigenvalue weighted by molar-refractivity contribution is 5.71. The number of ether oxygens (including phenoxy) is 1. The Bertz CT molecular complexity index is 106. The molecule has 4 nitrogen and oxygen atoms in total. The fourth-order valence-corrected chi connectivity index (χ4v) is 0.588.